The van der Waals surface area contributed by atoms with E-state index in [2.05, 4.69) is 5.32 Å². The second-order valence-corrected chi connectivity index (χ2v) is 8.61. The second kappa shape index (κ2) is 9.75. The van der Waals surface area contributed by atoms with E-state index in [9.17, 15) is 9.59 Å². The Morgan fingerprint density at radius 3 is 2.32 bits per heavy atom. The lowest BCUT2D eigenvalue weighted by Gasteiger charge is -2.11. The lowest BCUT2D eigenvalue weighted by atomic mass is 10.1. The summed E-state index contributed by atoms with van der Waals surface area (Å²) in [7, 11) is 3.05. The highest BCUT2D eigenvalue weighted by Gasteiger charge is 2.19. The van der Waals surface area contributed by atoms with Crippen molar-refractivity contribution < 1.29 is 23.8 Å². The van der Waals surface area contributed by atoms with Gasteiger partial charge in [-0.3, -0.25) is 4.79 Å². The van der Waals surface area contributed by atoms with Crippen molar-refractivity contribution in [1.82, 2.24) is 0 Å². The maximum Gasteiger partial charge on any atom is 0.338 e. The average molecular weight is 420 g/mol. The number of amides is 1. The van der Waals surface area contributed by atoms with E-state index < -0.39 is 11.9 Å². The summed E-state index contributed by atoms with van der Waals surface area (Å²) in [5, 5.41) is 2.66. The third-order valence-corrected chi connectivity index (χ3v) is 7.15. The van der Waals surface area contributed by atoms with Gasteiger partial charge >= 0.3 is 5.97 Å². The van der Waals surface area contributed by atoms with Gasteiger partial charge in [-0.25, -0.2) is 4.79 Å². The van der Waals surface area contributed by atoms with Crippen molar-refractivity contribution in [3.05, 3.63) is 53.6 Å². The monoisotopic (exact) mass is 419 g/mol. The van der Waals surface area contributed by atoms with Crippen LogP contribution in [0.4, 0.5) is 5.69 Å². The van der Waals surface area contributed by atoms with Crippen LogP contribution in [0.5, 0.6) is 11.5 Å². The molecule has 1 aliphatic rings. The molecule has 148 valence electrons. The van der Waals surface area contributed by atoms with Gasteiger partial charge in [-0.05, 0) is 29.8 Å². The highest BCUT2D eigenvalue weighted by atomic mass is 32.2. The first-order valence-electron chi connectivity index (χ1n) is 8.63. The van der Waals surface area contributed by atoms with Gasteiger partial charge in [0, 0.05) is 23.3 Å². The van der Waals surface area contributed by atoms with Crippen LogP contribution in [0.25, 0.3) is 0 Å². The normalized spacial score (nSPS) is 13.8. The first-order valence-corrected chi connectivity index (χ1v) is 10.7. The number of carbonyl (C=O) groups is 2. The number of hydrogen-bond donors (Lipinski definition) is 1. The molecule has 2 aromatic carbocycles. The maximum absolute atomic E-state index is 12.2. The third kappa shape index (κ3) is 5.14. The fourth-order valence-corrected chi connectivity index (χ4v) is 5.51. The molecule has 3 rings (SSSR count). The molecule has 0 unspecified atom stereocenters. The molecule has 6 nitrogen and oxygen atoms in total. The largest absolute Gasteiger partial charge is 0.493 e. The lowest BCUT2D eigenvalue weighted by molar-refractivity contribution is -0.119. The zero-order chi connectivity index (χ0) is 19.9. The minimum absolute atomic E-state index is 0.372. The molecule has 2 aromatic rings. The van der Waals surface area contributed by atoms with E-state index in [4.69, 9.17) is 14.2 Å². The third-order valence-electron chi connectivity index (χ3n) is 4.04. The molecule has 0 aromatic heterocycles. The summed E-state index contributed by atoms with van der Waals surface area (Å²) in [5.74, 6) is 2.39. The van der Waals surface area contributed by atoms with Gasteiger partial charge < -0.3 is 19.5 Å². The number of nitrogens with one attached hydrogen (secondary N) is 1. The SMILES string of the molecule is COc1ccc(NC(=O)COC(=O)c2ccc(C3SCCS3)cc2)cc1OC. The Morgan fingerprint density at radius 2 is 1.68 bits per heavy atom. The standard InChI is InChI=1S/C20H21NO5S2/c1-24-16-8-7-15(11-17(16)25-2)21-18(22)12-26-19(23)13-3-5-14(6-4-13)20-27-9-10-28-20/h3-8,11,20H,9-10,12H2,1-2H3,(H,21,22). The molecule has 0 saturated carbocycles. The lowest BCUT2D eigenvalue weighted by Crippen LogP contribution is -2.21. The first kappa shape index (κ1) is 20.4. The number of esters is 1. The van der Waals surface area contributed by atoms with Crippen LogP contribution in [-0.2, 0) is 9.53 Å². The van der Waals surface area contributed by atoms with Gasteiger partial charge in [-0.15, -0.1) is 23.5 Å². The number of carbonyl (C=O) groups excluding carboxylic acids is 2. The van der Waals surface area contributed by atoms with Crippen molar-refractivity contribution in [3.8, 4) is 11.5 Å². The van der Waals surface area contributed by atoms with Crippen LogP contribution in [0.15, 0.2) is 42.5 Å². The van der Waals surface area contributed by atoms with E-state index in [1.165, 1.54) is 19.8 Å². The molecule has 1 aliphatic heterocycles. The summed E-state index contributed by atoms with van der Waals surface area (Å²) in [6.45, 7) is -0.372. The van der Waals surface area contributed by atoms with Crippen molar-refractivity contribution in [1.29, 1.82) is 0 Å². The van der Waals surface area contributed by atoms with E-state index >= 15 is 0 Å². The summed E-state index contributed by atoms with van der Waals surface area (Å²) < 4.78 is 15.9. The molecule has 0 bridgehead atoms. The van der Waals surface area contributed by atoms with Gasteiger partial charge in [0.2, 0.25) is 0 Å². The minimum Gasteiger partial charge on any atom is -0.493 e. The molecule has 0 radical (unpaired) electrons. The van der Waals surface area contributed by atoms with Gasteiger partial charge in [-0.2, -0.15) is 0 Å². The van der Waals surface area contributed by atoms with Crippen molar-refractivity contribution in [2.45, 2.75) is 4.58 Å². The number of ether oxygens (including phenoxy) is 3. The molecular formula is C20H21NO5S2. The van der Waals surface area contributed by atoms with Crippen LogP contribution < -0.4 is 14.8 Å². The van der Waals surface area contributed by atoms with Gasteiger partial charge in [-0.1, -0.05) is 12.1 Å². The summed E-state index contributed by atoms with van der Waals surface area (Å²) in [4.78, 5) is 24.2. The second-order valence-electron chi connectivity index (χ2n) is 5.89. The van der Waals surface area contributed by atoms with E-state index in [-0.39, 0.29) is 6.61 Å². The Kier molecular flexibility index (Phi) is 7.11. The van der Waals surface area contributed by atoms with Crippen LogP contribution in [0.2, 0.25) is 0 Å². The van der Waals surface area contributed by atoms with Gasteiger partial charge in [0.25, 0.3) is 5.91 Å². The Morgan fingerprint density at radius 1 is 1.00 bits per heavy atom. The zero-order valence-electron chi connectivity index (χ0n) is 15.6. The molecule has 1 amide bonds. The van der Waals surface area contributed by atoms with Gasteiger partial charge in [0.1, 0.15) is 0 Å². The molecular weight excluding hydrogens is 398 g/mol. The molecule has 0 spiro atoms. The number of thioether (sulfide) groups is 2. The smallest absolute Gasteiger partial charge is 0.338 e. The Hall–Kier alpha value is -2.32. The van der Waals surface area contributed by atoms with Crippen LogP contribution in [0, 0.1) is 0 Å². The topological polar surface area (TPSA) is 73.9 Å². The molecule has 0 atom stereocenters. The quantitative estimate of drug-likeness (QED) is 0.681. The van der Waals surface area contributed by atoms with Crippen molar-refractivity contribution in [2.75, 3.05) is 37.6 Å². The molecule has 28 heavy (non-hydrogen) atoms. The number of methoxy groups -OCH3 is 2. The van der Waals surface area contributed by atoms with Crippen molar-refractivity contribution in [2.24, 2.45) is 0 Å². The van der Waals surface area contributed by atoms with Crippen LogP contribution in [0.3, 0.4) is 0 Å². The average Bonchev–Trinajstić information content (AvgIpc) is 3.27. The van der Waals surface area contributed by atoms with Gasteiger partial charge in [0.05, 0.1) is 24.4 Å². The fraction of sp³-hybridized carbons (Fsp3) is 0.300. The molecule has 8 heteroatoms. The van der Waals surface area contributed by atoms with Crippen molar-refractivity contribution >= 4 is 41.1 Å². The number of hydrogen-bond acceptors (Lipinski definition) is 7. The maximum atomic E-state index is 12.2. The Labute approximate surface area is 172 Å². The molecule has 1 heterocycles. The van der Waals surface area contributed by atoms with Crippen LogP contribution in [0.1, 0.15) is 20.5 Å². The van der Waals surface area contributed by atoms with E-state index in [1.54, 1.807) is 30.3 Å². The number of anilines is 1. The van der Waals surface area contributed by atoms with E-state index in [0.717, 1.165) is 11.5 Å². The fourth-order valence-electron chi connectivity index (χ4n) is 2.65. The molecule has 0 aliphatic carbocycles. The van der Waals surface area contributed by atoms with Gasteiger partial charge in [0.15, 0.2) is 18.1 Å². The predicted molar refractivity (Wildman–Crippen MR) is 113 cm³/mol. The molecule has 1 N–H and O–H groups in total. The van der Waals surface area contributed by atoms with Crippen molar-refractivity contribution in [3.63, 3.8) is 0 Å². The summed E-state index contributed by atoms with van der Waals surface area (Å²) in [6, 6.07) is 12.4. The first-order chi connectivity index (χ1) is 13.6. The van der Waals surface area contributed by atoms with E-state index in [1.807, 2.05) is 35.7 Å². The summed E-state index contributed by atoms with van der Waals surface area (Å²) >= 11 is 3.81. The Bertz CT molecular complexity index is 835. The highest BCUT2D eigenvalue weighted by Crippen LogP contribution is 2.45. The highest BCUT2D eigenvalue weighted by molar-refractivity contribution is 8.19. The summed E-state index contributed by atoms with van der Waals surface area (Å²) in [6.07, 6.45) is 0. The number of rotatable bonds is 7. The zero-order valence-corrected chi connectivity index (χ0v) is 17.2. The molecule has 1 saturated heterocycles. The van der Waals surface area contributed by atoms with Crippen LogP contribution >= 0.6 is 23.5 Å². The summed E-state index contributed by atoms with van der Waals surface area (Å²) in [5.41, 5.74) is 2.14. The predicted octanol–water partition coefficient (Wildman–Crippen LogP) is 3.98. The Balaban J connectivity index is 1.52. The van der Waals surface area contributed by atoms with Crippen LogP contribution in [-0.4, -0.2) is 44.2 Å². The number of benzene rings is 2. The minimum atomic E-state index is -0.527. The molecule has 1 fully saturated rings. The van der Waals surface area contributed by atoms with E-state index in [0.29, 0.717) is 27.3 Å².